The molecule has 3 heterocycles. The van der Waals surface area contributed by atoms with Crippen LogP contribution in [0.15, 0.2) is 34.9 Å². The van der Waals surface area contributed by atoms with Crippen LogP contribution in [0.2, 0.25) is 0 Å². The van der Waals surface area contributed by atoms with Gasteiger partial charge < -0.3 is 9.26 Å². The fraction of sp³-hybridized carbons (Fsp3) is 0.389. The molecule has 1 fully saturated rings. The van der Waals surface area contributed by atoms with E-state index in [0.29, 0.717) is 11.7 Å². The van der Waals surface area contributed by atoms with Crippen molar-refractivity contribution in [3.05, 3.63) is 53.2 Å². The summed E-state index contributed by atoms with van der Waals surface area (Å²) < 4.78 is 13.0. The molecule has 0 bridgehead atoms. The van der Waals surface area contributed by atoms with E-state index in [0.717, 1.165) is 48.5 Å². The summed E-state index contributed by atoms with van der Waals surface area (Å²) in [4.78, 5) is 4.51. The minimum atomic E-state index is -0.0517. The number of hydrogen-bond acceptors (Lipinski definition) is 5. The van der Waals surface area contributed by atoms with Gasteiger partial charge in [0.25, 0.3) is 5.89 Å². The highest BCUT2D eigenvalue weighted by molar-refractivity contribution is 5.55. The second-order valence-electron chi connectivity index (χ2n) is 6.24. The Kier molecular flexibility index (Phi) is 3.90. The zero-order valence-electron chi connectivity index (χ0n) is 13.9. The number of aromatic nitrogens is 4. The van der Waals surface area contributed by atoms with E-state index in [1.807, 2.05) is 23.7 Å². The fourth-order valence-electron chi connectivity index (χ4n) is 3.07. The van der Waals surface area contributed by atoms with Crippen molar-refractivity contribution in [3.63, 3.8) is 0 Å². The number of hydrogen-bond donors (Lipinski definition) is 0. The maximum atomic E-state index is 5.60. The van der Waals surface area contributed by atoms with Crippen LogP contribution in [0.5, 0.6) is 0 Å². The zero-order chi connectivity index (χ0) is 16.5. The molecule has 6 nitrogen and oxygen atoms in total. The Hall–Kier alpha value is -2.47. The molecule has 0 saturated carbocycles. The first-order chi connectivity index (χ1) is 11.7. The van der Waals surface area contributed by atoms with Gasteiger partial charge in [-0.1, -0.05) is 23.4 Å². The predicted molar refractivity (Wildman–Crippen MR) is 88.5 cm³/mol. The van der Waals surface area contributed by atoms with Crippen LogP contribution in [-0.2, 0) is 11.3 Å². The molecule has 1 atom stereocenters. The van der Waals surface area contributed by atoms with E-state index < -0.39 is 0 Å². The second kappa shape index (κ2) is 6.20. The fourth-order valence-corrected chi connectivity index (χ4v) is 3.07. The molecule has 24 heavy (non-hydrogen) atoms. The number of rotatable bonds is 4. The lowest BCUT2D eigenvalue weighted by molar-refractivity contribution is 0.0835. The van der Waals surface area contributed by atoms with Crippen molar-refractivity contribution in [2.24, 2.45) is 0 Å². The van der Waals surface area contributed by atoms with Gasteiger partial charge in [-0.15, -0.1) is 0 Å². The van der Waals surface area contributed by atoms with Gasteiger partial charge in [-0.05, 0) is 44.4 Å². The highest BCUT2D eigenvalue weighted by Gasteiger charge is 2.24. The molecule has 2 aromatic heterocycles. The summed E-state index contributed by atoms with van der Waals surface area (Å²) in [6, 6.07) is 10.3. The van der Waals surface area contributed by atoms with Crippen molar-refractivity contribution in [1.29, 1.82) is 0 Å². The molecule has 124 valence electrons. The van der Waals surface area contributed by atoms with Crippen molar-refractivity contribution in [2.45, 2.75) is 39.3 Å². The number of ether oxygens (including phenoxy) is 1. The number of aryl methyl sites for hydroxylation is 2. The zero-order valence-corrected chi connectivity index (χ0v) is 13.9. The van der Waals surface area contributed by atoms with Crippen LogP contribution in [-0.4, -0.2) is 26.5 Å². The van der Waals surface area contributed by atoms with Crippen LogP contribution in [0.3, 0.4) is 0 Å². The monoisotopic (exact) mass is 324 g/mol. The van der Waals surface area contributed by atoms with Crippen LogP contribution in [0.4, 0.5) is 0 Å². The van der Waals surface area contributed by atoms with Gasteiger partial charge in [0.2, 0.25) is 5.82 Å². The third-order valence-electron chi connectivity index (χ3n) is 4.27. The van der Waals surface area contributed by atoms with Crippen LogP contribution in [0.25, 0.3) is 11.4 Å². The molecule has 0 N–H and O–H groups in total. The summed E-state index contributed by atoms with van der Waals surface area (Å²) in [7, 11) is 0. The van der Waals surface area contributed by atoms with Gasteiger partial charge in [-0.3, -0.25) is 4.68 Å². The molecular weight excluding hydrogens is 304 g/mol. The summed E-state index contributed by atoms with van der Waals surface area (Å²) in [6.07, 6.45) is 1.93. The van der Waals surface area contributed by atoms with Gasteiger partial charge in [0.05, 0.1) is 12.2 Å². The third kappa shape index (κ3) is 2.97. The molecule has 1 aliphatic rings. The molecule has 4 rings (SSSR count). The Balaban J connectivity index is 1.57. The number of nitrogens with zero attached hydrogens (tertiary/aromatic N) is 4. The van der Waals surface area contributed by atoms with E-state index in [-0.39, 0.29) is 6.10 Å². The van der Waals surface area contributed by atoms with Gasteiger partial charge >= 0.3 is 0 Å². The molecule has 0 radical (unpaired) electrons. The minimum Gasteiger partial charge on any atom is -0.368 e. The van der Waals surface area contributed by atoms with Crippen molar-refractivity contribution < 1.29 is 9.26 Å². The number of benzene rings is 1. The molecule has 0 amide bonds. The first kappa shape index (κ1) is 15.1. The predicted octanol–water partition coefficient (Wildman–Crippen LogP) is 3.45. The third-order valence-corrected chi connectivity index (χ3v) is 4.27. The van der Waals surface area contributed by atoms with Crippen molar-refractivity contribution >= 4 is 0 Å². The first-order valence-electron chi connectivity index (χ1n) is 8.24. The van der Waals surface area contributed by atoms with E-state index in [4.69, 9.17) is 9.26 Å². The van der Waals surface area contributed by atoms with Gasteiger partial charge in [-0.25, -0.2) is 0 Å². The topological polar surface area (TPSA) is 66.0 Å². The molecule has 1 aromatic carbocycles. The highest BCUT2D eigenvalue weighted by atomic mass is 16.5. The second-order valence-corrected chi connectivity index (χ2v) is 6.24. The van der Waals surface area contributed by atoms with Crippen LogP contribution >= 0.6 is 0 Å². The smallest absolute Gasteiger partial charge is 0.256 e. The quantitative estimate of drug-likeness (QED) is 0.735. The summed E-state index contributed by atoms with van der Waals surface area (Å²) in [5.74, 6) is 1.18. The van der Waals surface area contributed by atoms with E-state index >= 15 is 0 Å². The summed E-state index contributed by atoms with van der Waals surface area (Å²) >= 11 is 0. The normalized spacial score (nSPS) is 17.5. The van der Waals surface area contributed by atoms with Crippen LogP contribution < -0.4 is 0 Å². The van der Waals surface area contributed by atoms with Crippen LogP contribution in [0, 0.1) is 13.8 Å². The van der Waals surface area contributed by atoms with E-state index in [1.165, 1.54) is 0 Å². The van der Waals surface area contributed by atoms with Gasteiger partial charge in [0.15, 0.2) is 0 Å². The Bertz CT molecular complexity index is 846. The largest absolute Gasteiger partial charge is 0.368 e. The Morgan fingerprint density at radius 1 is 1.25 bits per heavy atom. The molecule has 1 aliphatic heterocycles. The maximum Gasteiger partial charge on any atom is 0.256 e. The molecular formula is C18H20N4O2. The summed E-state index contributed by atoms with van der Waals surface area (Å²) in [6.45, 7) is 5.56. The molecule has 1 saturated heterocycles. The maximum absolute atomic E-state index is 5.60. The van der Waals surface area contributed by atoms with E-state index in [1.54, 1.807) is 0 Å². The lowest BCUT2D eigenvalue weighted by atomic mass is 10.1. The van der Waals surface area contributed by atoms with E-state index in [9.17, 15) is 0 Å². The van der Waals surface area contributed by atoms with Crippen molar-refractivity contribution in [3.8, 4) is 11.4 Å². The lowest BCUT2D eigenvalue weighted by Crippen LogP contribution is -2.04. The Morgan fingerprint density at radius 3 is 2.92 bits per heavy atom. The highest BCUT2D eigenvalue weighted by Crippen LogP contribution is 2.28. The first-order valence-corrected chi connectivity index (χ1v) is 8.24. The SMILES string of the molecule is Cc1cc(C)n(Cc2cccc(-c3noc(C4CCCO4)n3)c2)n1. The molecule has 1 unspecified atom stereocenters. The van der Waals surface area contributed by atoms with Gasteiger partial charge in [0, 0.05) is 17.9 Å². The van der Waals surface area contributed by atoms with Gasteiger partial charge in [0.1, 0.15) is 6.10 Å². The molecule has 6 heteroatoms. The average molecular weight is 324 g/mol. The Labute approximate surface area is 140 Å². The van der Waals surface area contributed by atoms with Gasteiger partial charge in [-0.2, -0.15) is 10.1 Å². The Morgan fingerprint density at radius 2 is 2.17 bits per heavy atom. The molecule has 3 aromatic rings. The molecule has 0 spiro atoms. The summed E-state index contributed by atoms with van der Waals surface area (Å²) in [5, 5.41) is 8.63. The molecule has 0 aliphatic carbocycles. The standard InChI is InChI=1S/C18H20N4O2/c1-12-9-13(2)22(20-12)11-14-5-3-6-15(10-14)17-19-18(24-21-17)16-7-4-8-23-16/h3,5-6,9-10,16H,4,7-8,11H2,1-2H3. The van der Waals surface area contributed by atoms with E-state index in [2.05, 4.69) is 40.4 Å². The summed E-state index contributed by atoms with van der Waals surface area (Å²) in [5.41, 5.74) is 4.28. The van der Waals surface area contributed by atoms with Crippen molar-refractivity contribution in [1.82, 2.24) is 19.9 Å². The average Bonchev–Trinajstić information content (AvgIpc) is 3.29. The minimum absolute atomic E-state index is 0.0517. The van der Waals surface area contributed by atoms with Crippen molar-refractivity contribution in [2.75, 3.05) is 6.61 Å². The van der Waals surface area contributed by atoms with Crippen LogP contribution in [0.1, 0.15) is 41.8 Å². The lowest BCUT2D eigenvalue weighted by Gasteiger charge is -2.05.